The zero-order chi connectivity index (χ0) is 11.6. The summed E-state index contributed by atoms with van der Waals surface area (Å²) in [6, 6.07) is 1.21. The van der Waals surface area contributed by atoms with Crippen molar-refractivity contribution in [2.75, 3.05) is 7.11 Å². The maximum atomic E-state index is 13.3. The first-order valence-corrected chi connectivity index (χ1v) is 4.72. The summed E-state index contributed by atoms with van der Waals surface area (Å²) < 4.78 is 18.0. The summed E-state index contributed by atoms with van der Waals surface area (Å²) in [4.78, 5) is 10.5. The van der Waals surface area contributed by atoms with Crippen molar-refractivity contribution in [3.63, 3.8) is 0 Å². The van der Waals surface area contributed by atoms with Gasteiger partial charge in [0, 0.05) is 5.56 Å². The van der Waals surface area contributed by atoms with Gasteiger partial charge < -0.3 is 14.9 Å². The molecule has 0 amide bonds. The molecule has 6 heteroatoms. The number of rotatable bonds is 3. The number of aliphatic carboxylic acids is 1. The molecule has 4 nitrogen and oxygen atoms in total. The lowest BCUT2D eigenvalue weighted by atomic mass is 10.1. The van der Waals surface area contributed by atoms with E-state index < -0.39 is 24.0 Å². The van der Waals surface area contributed by atoms with Crippen LogP contribution in [0, 0.1) is 5.82 Å². The summed E-state index contributed by atoms with van der Waals surface area (Å²) in [5.74, 6) is -2.73. The Bertz CT molecular complexity index is 406. The number of carbonyl (C=O) groups is 1. The molecule has 0 aliphatic carbocycles. The van der Waals surface area contributed by atoms with Crippen LogP contribution < -0.4 is 4.74 Å². The Morgan fingerprint density at radius 3 is 2.73 bits per heavy atom. The topological polar surface area (TPSA) is 66.8 Å². The van der Waals surface area contributed by atoms with Crippen LogP contribution in [0.2, 0.25) is 0 Å². The standard InChI is InChI=1S/C9H8BrFO4/c1-15-9-7(11)5(10)2-4(8(9)14)3-6(12)13/h2,14H,3H2,1H3,(H,12,13). The number of ether oxygens (including phenoxy) is 1. The van der Waals surface area contributed by atoms with Crippen molar-refractivity contribution >= 4 is 21.9 Å². The molecule has 0 radical (unpaired) electrons. The van der Waals surface area contributed by atoms with Crippen molar-refractivity contribution < 1.29 is 24.1 Å². The third kappa shape index (κ3) is 2.38. The SMILES string of the molecule is COc1c(O)c(CC(=O)O)cc(Br)c1F. The van der Waals surface area contributed by atoms with Crippen LogP contribution >= 0.6 is 15.9 Å². The molecule has 0 aromatic heterocycles. The summed E-state index contributed by atoms with van der Waals surface area (Å²) in [5.41, 5.74) is 0.0904. The number of aromatic hydroxyl groups is 1. The quantitative estimate of drug-likeness (QED) is 0.887. The van der Waals surface area contributed by atoms with Gasteiger partial charge in [-0.05, 0) is 22.0 Å². The minimum atomic E-state index is -1.12. The molecule has 15 heavy (non-hydrogen) atoms. The van der Waals surface area contributed by atoms with E-state index in [1.54, 1.807) is 0 Å². The largest absolute Gasteiger partial charge is 0.504 e. The van der Waals surface area contributed by atoms with Crippen LogP contribution in [0.5, 0.6) is 11.5 Å². The second-order valence-corrected chi connectivity index (χ2v) is 3.64. The second kappa shape index (κ2) is 4.48. The molecular formula is C9H8BrFO4. The van der Waals surface area contributed by atoms with Crippen LogP contribution in [0.4, 0.5) is 4.39 Å². The van der Waals surface area contributed by atoms with E-state index in [4.69, 9.17) is 5.11 Å². The Hall–Kier alpha value is -1.30. The molecular weight excluding hydrogens is 271 g/mol. The van der Waals surface area contributed by atoms with Crippen LogP contribution in [-0.2, 0) is 11.2 Å². The molecule has 0 aliphatic rings. The number of benzene rings is 1. The minimum Gasteiger partial charge on any atom is -0.504 e. The number of hydrogen-bond acceptors (Lipinski definition) is 3. The predicted molar refractivity (Wildman–Crippen MR) is 53.7 cm³/mol. The maximum Gasteiger partial charge on any atom is 0.307 e. The Balaban J connectivity index is 3.30. The highest BCUT2D eigenvalue weighted by molar-refractivity contribution is 9.10. The summed E-state index contributed by atoms with van der Waals surface area (Å²) in [6.45, 7) is 0. The van der Waals surface area contributed by atoms with E-state index >= 15 is 0 Å². The summed E-state index contributed by atoms with van der Waals surface area (Å²) in [7, 11) is 1.19. The van der Waals surface area contributed by atoms with Crippen LogP contribution in [0.15, 0.2) is 10.5 Å². The van der Waals surface area contributed by atoms with Crippen molar-refractivity contribution in [2.24, 2.45) is 0 Å². The Morgan fingerprint density at radius 2 is 2.27 bits per heavy atom. The molecule has 0 spiro atoms. The molecule has 1 aromatic rings. The van der Waals surface area contributed by atoms with Crippen LogP contribution in [-0.4, -0.2) is 23.3 Å². The molecule has 1 aromatic carbocycles. The molecule has 0 unspecified atom stereocenters. The van der Waals surface area contributed by atoms with E-state index in [1.807, 2.05) is 0 Å². The fourth-order valence-electron chi connectivity index (χ4n) is 1.13. The number of carboxylic acid groups (broad SMARTS) is 1. The van der Waals surface area contributed by atoms with Crippen LogP contribution in [0.3, 0.4) is 0 Å². The first kappa shape index (κ1) is 11.8. The van der Waals surface area contributed by atoms with Gasteiger partial charge in [-0.3, -0.25) is 4.79 Å². The van der Waals surface area contributed by atoms with Crippen LogP contribution in [0.25, 0.3) is 0 Å². The molecule has 0 saturated carbocycles. The van der Waals surface area contributed by atoms with Crippen molar-refractivity contribution in [1.29, 1.82) is 0 Å². The maximum absolute atomic E-state index is 13.3. The van der Waals surface area contributed by atoms with E-state index in [-0.39, 0.29) is 15.8 Å². The minimum absolute atomic E-state index is 0.0494. The van der Waals surface area contributed by atoms with Crippen LogP contribution in [0.1, 0.15) is 5.56 Å². The molecule has 0 fully saturated rings. The van der Waals surface area contributed by atoms with Gasteiger partial charge in [-0.2, -0.15) is 0 Å². The number of methoxy groups -OCH3 is 1. The highest BCUT2D eigenvalue weighted by Gasteiger charge is 2.18. The number of hydrogen-bond donors (Lipinski definition) is 2. The Kier molecular flexibility index (Phi) is 3.52. The lowest BCUT2D eigenvalue weighted by molar-refractivity contribution is -0.136. The zero-order valence-corrected chi connectivity index (χ0v) is 9.34. The molecule has 1 rings (SSSR count). The van der Waals surface area contributed by atoms with E-state index in [1.165, 1.54) is 13.2 Å². The van der Waals surface area contributed by atoms with Gasteiger partial charge in [-0.1, -0.05) is 0 Å². The Labute approximate surface area is 93.4 Å². The summed E-state index contributed by atoms with van der Waals surface area (Å²) in [6.07, 6.45) is -0.402. The average molecular weight is 279 g/mol. The van der Waals surface area contributed by atoms with Gasteiger partial charge in [0.05, 0.1) is 18.0 Å². The fraction of sp³-hybridized carbons (Fsp3) is 0.222. The first-order chi connectivity index (χ1) is 6.97. The smallest absolute Gasteiger partial charge is 0.307 e. The molecule has 0 heterocycles. The predicted octanol–water partition coefficient (Wildman–Crippen LogP) is 1.93. The third-order valence-corrected chi connectivity index (χ3v) is 2.35. The van der Waals surface area contributed by atoms with Crippen molar-refractivity contribution in [3.8, 4) is 11.5 Å². The van der Waals surface area contributed by atoms with Crippen molar-refractivity contribution in [3.05, 3.63) is 21.9 Å². The monoisotopic (exact) mass is 278 g/mol. The van der Waals surface area contributed by atoms with Gasteiger partial charge in [0.1, 0.15) is 0 Å². The highest BCUT2D eigenvalue weighted by atomic mass is 79.9. The van der Waals surface area contributed by atoms with Crippen molar-refractivity contribution in [2.45, 2.75) is 6.42 Å². The van der Waals surface area contributed by atoms with E-state index in [0.717, 1.165) is 0 Å². The number of phenolic OH excluding ortho intramolecular Hbond substituents is 1. The molecule has 0 bridgehead atoms. The number of phenols is 1. The van der Waals surface area contributed by atoms with E-state index in [9.17, 15) is 14.3 Å². The van der Waals surface area contributed by atoms with E-state index in [0.29, 0.717) is 0 Å². The molecule has 0 saturated heterocycles. The molecule has 0 atom stereocenters. The van der Waals surface area contributed by atoms with Gasteiger partial charge in [0.2, 0.25) is 0 Å². The summed E-state index contributed by atoms with van der Waals surface area (Å²) >= 11 is 2.90. The fourth-order valence-corrected chi connectivity index (χ4v) is 1.58. The summed E-state index contributed by atoms with van der Waals surface area (Å²) in [5, 5.41) is 18.0. The first-order valence-electron chi connectivity index (χ1n) is 3.93. The number of carboxylic acids is 1. The molecule has 0 aliphatic heterocycles. The lowest BCUT2D eigenvalue weighted by Gasteiger charge is -2.09. The second-order valence-electron chi connectivity index (χ2n) is 2.78. The van der Waals surface area contributed by atoms with Gasteiger partial charge in [-0.25, -0.2) is 4.39 Å². The zero-order valence-electron chi connectivity index (χ0n) is 7.75. The normalized spacial score (nSPS) is 10.1. The van der Waals surface area contributed by atoms with E-state index in [2.05, 4.69) is 20.7 Å². The number of halogens is 2. The molecule has 2 N–H and O–H groups in total. The third-order valence-electron chi connectivity index (χ3n) is 1.78. The molecule has 82 valence electrons. The van der Waals surface area contributed by atoms with Gasteiger partial charge in [-0.15, -0.1) is 0 Å². The lowest BCUT2D eigenvalue weighted by Crippen LogP contribution is -2.02. The van der Waals surface area contributed by atoms with Gasteiger partial charge in [0.15, 0.2) is 17.3 Å². The van der Waals surface area contributed by atoms with Gasteiger partial charge >= 0.3 is 5.97 Å². The van der Waals surface area contributed by atoms with Crippen molar-refractivity contribution in [1.82, 2.24) is 0 Å². The highest BCUT2D eigenvalue weighted by Crippen LogP contribution is 2.37. The average Bonchev–Trinajstić information content (AvgIpc) is 2.14. The Morgan fingerprint density at radius 1 is 1.67 bits per heavy atom. The van der Waals surface area contributed by atoms with Gasteiger partial charge in [0.25, 0.3) is 0 Å².